The van der Waals surface area contributed by atoms with Gasteiger partial charge in [-0.05, 0) is 24.2 Å². The minimum absolute atomic E-state index is 0.00681. The average Bonchev–Trinajstić information content (AvgIpc) is 2.79. The molecule has 0 radical (unpaired) electrons. The van der Waals surface area contributed by atoms with E-state index in [0.717, 1.165) is 11.3 Å². The van der Waals surface area contributed by atoms with Crippen LogP contribution in [0.15, 0.2) is 6.20 Å². The van der Waals surface area contributed by atoms with Crippen molar-refractivity contribution >= 4 is 21.5 Å². The first-order chi connectivity index (χ1) is 8.15. The minimum atomic E-state index is -0.474. The van der Waals surface area contributed by atoms with E-state index in [1.54, 1.807) is 0 Å². The Hall–Kier alpha value is -1.25. The number of aliphatic hydroxyl groups excluding tert-OH is 1. The Morgan fingerprint density at radius 3 is 2.88 bits per heavy atom. The molecule has 0 atom stereocenters. The number of anilines is 1. The fraction of sp³-hybridized carbons (Fsp3) is 0.667. The Morgan fingerprint density at radius 1 is 1.65 bits per heavy atom. The summed E-state index contributed by atoms with van der Waals surface area (Å²) in [7, 11) is 0. The van der Waals surface area contributed by atoms with E-state index in [0.29, 0.717) is 31.2 Å². The maximum atomic E-state index is 10.5. The summed E-state index contributed by atoms with van der Waals surface area (Å²) in [6.07, 6.45) is 2.55. The maximum absolute atomic E-state index is 10.5. The molecular weight excluding hydrogens is 246 g/mol. The van der Waals surface area contributed by atoms with E-state index >= 15 is 0 Å². The van der Waals surface area contributed by atoms with Gasteiger partial charge in [-0.2, -0.15) is 0 Å². The summed E-state index contributed by atoms with van der Waals surface area (Å²) < 4.78 is 5.23. The zero-order valence-electron chi connectivity index (χ0n) is 9.09. The van der Waals surface area contributed by atoms with Crippen molar-refractivity contribution in [2.45, 2.75) is 18.4 Å². The maximum Gasteiger partial charge on any atom is 0.345 e. The van der Waals surface area contributed by atoms with Crippen LogP contribution in [0.5, 0.6) is 0 Å². The minimum Gasteiger partial charge on any atom is -0.394 e. The van der Waals surface area contributed by atoms with E-state index in [2.05, 4.69) is 10.3 Å². The van der Waals surface area contributed by atoms with Gasteiger partial charge < -0.3 is 15.2 Å². The molecule has 0 amide bonds. The van der Waals surface area contributed by atoms with E-state index in [-0.39, 0.29) is 11.6 Å². The highest BCUT2D eigenvalue weighted by molar-refractivity contribution is 7.18. The highest BCUT2D eigenvalue weighted by atomic mass is 32.1. The van der Waals surface area contributed by atoms with Gasteiger partial charge in [-0.25, -0.2) is 4.98 Å². The fourth-order valence-corrected chi connectivity index (χ4v) is 2.47. The summed E-state index contributed by atoms with van der Waals surface area (Å²) in [6.45, 7) is 1.10. The standard InChI is InChI=1S/C9H13N3O4S/c13-6-9(1-3-16-4-2-9)11-8-10-5-7(17-8)12(14)15/h5,13H,1-4,6H2,(H,10,11). The van der Waals surface area contributed by atoms with Gasteiger partial charge in [0.15, 0.2) is 5.13 Å². The summed E-state index contributed by atoms with van der Waals surface area (Å²) in [5.74, 6) is 0. The van der Waals surface area contributed by atoms with Crippen LogP contribution in [-0.2, 0) is 4.74 Å². The summed E-state index contributed by atoms with van der Waals surface area (Å²) in [5.41, 5.74) is -0.468. The van der Waals surface area contributed by atoms with Crippen LogP contribution in [0, 0.1) is 10.1 Å². The van der Waals surface area contributed by atoms with Crippen molar-refractivity contribution in [1.29, 1.82) is 0 Å². The number of hydrogen-bond acceptors (Lipinski definition) is 7. The lowest BCUT2D eigenvalue weighted by Gasteiger charge is -2.36. The van der Waals surface area contributed by atoms with Crippen molar-refractivity contribution in [1.82, 2.24) is 4.98 Å². The van der Waals surface area contributed by atoms with Crippen LogP contribution in [0.3, 0.4) is 0 Å². The molecule has 2 heterocycles. The lowest BCUT2D eigenvalue weighted by Crippen LogP contribution is -2.46. The number of hydrogen-bond donors (Lipinski definition) is 2. The van der Waals surface area contributed by atoms with Crippen LogP contribution in [0.4, 0.5) is 10.1 Å². The molecule has 1 saturated heterocycles. The number of ether oxygens (including phenoxy) is 1. The van der Waals surface area contributed by atoms with E-state index < -0.39 is 10.5 Å². The quantitative estimate of drug-likeness (QED) is 0.618. The van der Waals surface area contributed by atoms with Gasteiger partial charge in [0, 0.05) is 13.2 Å². The van der Waals surface area contributed by atoms with Crippen LogP contribution in [0.2, 0.25) is 0 Å². The van der Waals surface area contributed by atoms with Crippen LogP contribution < -0.4 is 5.32 Å². The second-order valence-corrected chi connectivity index (χ2v) is 4.95. The highest BCUT2D eigenvalue weighted by Crippen LogP contribution is 2.30. The average molecular weight is 259 g/mol. The molecule has 1 aromatic heterocycles. The van der Waals surface area contributed by atoms with Gasteiger partial charge in [-0.1, -0.05) is 0 Å². The number of thiazole rings is 1. The number of nitrogens with one attached hydrogen (secondary N) is 1. The summed E-state index contributed by atoms with van der Waals surface area (Å²) in [4.78, 5) is 14.0. The van der Waals surface area contributed by atoms with Crippen LogP contribution >= 0.6 is 11.3 Å². The highest BCUT2D eigenvalue weighted by Gasteiger charge is 2.33. The molecule has 7 nitrogen and oxygen atoms in total. The monoisotopic (exact) mass is 259 g/mol. The fourth-order valence-electron chi connectivity index (χ4n) is 1.72. The van der Waals surface area contributed by atoms with Crippen LogP contribution in [0.25, 0.3) is 0 Å². The normalized spacial score (nSPS) is 18.9. The van der Waals surface area contributed by atoms with Crippen molar-refractivity contribution in [3.63, 3.8) is 0 Å². The van der Waals surface area contributed by atoms with Gasteiger partial charge in [0.25, 0.3) is 0 Å². The topological polar surface area (TPSA) is 97.5 Å². The molecule has 2 N–H and O–H groups in total. The second-order valence-electron chi connectivity index (χ2n) is 3.94. The SMILES string of the molecule is O=[N+]([O-])c1cnc(NC2(CO)CCOCC2)s1. The lowest BCUT2D eigenvalue weighted by molar-refractivity contribution is -0.380. The number of aliphatic hydroxyl groups is 1. The van der Waals surface area contributed by atoms with Crippen molar-refractivity contribution in [2.24, 2.45) is 0 Å². The molecule has 0 aromatic carbocycles. The predicted molar refractivity (Wildman–Crippen MR) is 62.3 cm³/mol. The van der Waals surface area contributed by atoms with Crippen LogP contribution in [-0.4, -0.2) is 40.4 Å². The zero-order chi connectivity index (χ0) is 12.3. The van der Waals surface area contributed by atoms with Gasteiger partial charge in [-0.3, -0.25) is 10.1 Å². The lowest BCUT2D eigenvalue weighted by atomic mass is 9.91. The van der Waals surface area contributed by atoms with Gasteiger partial charge in [-0.15, -0.1) is 0 Å². The van der Waals surface area contributed by atoms with Crippen molar-refractivity contribution in [2.75, 3.05) is 25.1 Å². The third-order valence-corrected chi connectivity index (χ3v) is 3.66. The molecule has 1 aliphatic rings. The number of nitro groups is 1. The first-order valence-corrected chi connectivity index (χ1v) is 6.04. The molecule has 1 fully saturated rings. The number of nitrogens with zero attached hydrogens (tertiary/aromatic N) is 2. The number of rotatable bonds is 4. The Kier molecular flexibility index (Phi) is 3.55. The Morgan fingerprint density at radius 2 is 2.35 bits per heavy atom. The van der Waals surface area contributed by atoms with Gasteiger partial charge in [0.2, 0.25) is 0 Å². The van der Waals surface area contributed by atoms with Gasteiger partial charge in [0.1, 0.15) is 6.20 Å². The Labute approximate surface area is 102 Å². The molecule has 2 rings (SSSR count). The second kappa shape index (κ2) is 4.94. The van der Waals surface area contributed by atoms with Crippen molar-refractivity contribution in [3.8, 4) is 0 Å². The molecule has 94 valence electrons. The molecule has 0 spiro atoms. The molecule has 0 unspecified atom stereocenters. The Balaban J connectivity index is 2.09. The Bertz CT molecular complexity index is 403. The van der Waals surface area contributed by atoms with Crippen LogP contribution in [0.1, 0.15) is 12.8 Å². The molecule has 0 saturated carbocycles. The van der Waals surface area contributed by atoms with Gasteiger partial charge >= 0.3 is 5.00 Å². The summed E-state index contributed by atoms with van der Waals surface area (Å²) in [6, 6.07) is 0. The first kappa shape index (κ1) is 12.2. The summed E-state index contributed by atoms with van der Waals surface area (Å²) in [5, 5.41) is 23.5. The van der Waals surface area contributed by atoms with E-state index in [1.165, 1.54) is 6.20 Å². The molecule has 1 aromatic rings. The molecule has 0 aliphatic carbocycles. The third-order valence-electron chi connectivity index (χ3n) is 2.80. The molecule has 1 aliphatic heterocycles. The van der Waals surface area contributed by atoms with Crippen molar-refractivity contribution in [3.05, 3.63) is 16.3 Å². The predicted octanol–water partition coefficient (Wildman–Crippen LogP) is 1.00. The van der Waals surface area contributed by atoms with E-state index in [1.807, 2.05) is 0 Å². The molecular formula is C9H13N3O4S. The van der Waals surface area contributed by atoms with Crippen molar-refractivity contribution < 1.29 is 14.8 Å². The summed E-state index contributed by atoms with van der Waals surface area (Å²) >= 11 is 0.975. The zero-order valence-corrected chi connectivity index (χ0v) is 9.90. The molecule has 0 bridgehead atoms. The van der Waals surface area contributed by atoms with Gasteiger partial charge in [0.05, 0.1) is 17.1 Å². The largest absolute Gasteiger partial charge is 0.394 e. The van der Waals surface area contributed by atoms with E-state index in [9.17, 15) is 15.2 Å². The first-order valence-electron chi connectivity index (χ1n) is 5.22. The van der Waals surface area contributed by atoms with E-state index in [4.69, 9.17) is 4.74 Å². The molecule has 8 heteroatoms. The third kappa shape index (κ3) is 2.71. The molecule has 17 heavy (non-hydrogen) atoms. The number of aromatic nitrogens is 1. The smallest absolute Gasteiger partial charge is 0.345 e.